The average molecular weight is 263 g/mol. The lowest BCUT2D eigenvalue weighted by Gasteiger charge is -2.57. The van der Waals surface area contributed by atoms with E-state index in [9.17, 15) is 9.90 Å². The summed E-state index contributed by atoms with van der Waals surface area (Å²) in [6.45, 7) is 4.56. The van der Waals surface area contributed by atoms with Gasteiger partial charge < -0.3 is 5.11 Å². The van der Waals surface area contributed by atoms with Gasteiger partial charge in [-0.2, -0.15) is 0 Å². The van der Waals surface area contributed by atoms with E-state index in [1.165, 1.54) is 32.4 Å². The molecule has 2 saturated carbocycles. The van der Waals surface area contributed by atoms with Crippen molar-refractivity contribution in [3.8, 4) is 0 Å². The van der Waals surface area contributed by atoms with Crippen LogP contribution in [0.1, 0.15) is 45.4 Å². The van der Waals surface area contributed by atoms with Crippen LogP contribution in [0.4, 0.5) is 0 Å². The molecule has 0 radical (unpaired) electrons. The molecule has 7 atom stereocenters. The summed E-state index contributed by atoms with van der Waals surface area (Å²) in [5.74, 6) is 1.33. The lowest BCUT2D eigenvalue weighted by Crippen LogP contribution is -2.61. The van der Waals surface area contributed by atoms with Crippen LogP contribution in [0, 0.1) is 23.2 Å². The fourth-order valence-corrected chi connectivity index (χ4v) is 6.09. The summed E-state index contributed by atoms with van der Waals surface area (Å²) < 4.78 is 0. The molecule has 3 nitrogen and oxygen atoms in total. The number of hydrogen-bond acceptors (Lipinski definition) is 3. The molecular formula is C16H25NO2. The number of rotatable bonds is 0. The Labute approximate surface area is 115 Å². The molecule has 0 amide bonds. The van der Waals surface area contributed by atoms with Crippen LogP contribution in [0.3, 0.4) is 0 Å². The first-order valence-corrected chi connectivity index (χ1v) is 8.09. The monoisotopic (exact) mass is 263 g/mol. The van der Waals surface area contributed by atoms with Gasteiger partial charge in [-0.15, -0.1) is 0 Å². The van der Waals surface area contributed by atoms with E-state index in [0.717, 1.165) is 12.8 Å². The Morgan fingerprint density at radius 1 is 1.32 bits per heavy atom. The lowest BCUT2D eigenvalue weighted by molar-refractivity contribution is -0.135. The summed E-state index contributed by atoms with van der Waals surface area (Å²) in [7, 11) is 0. The van der Waals surface area contributed by atoms with E-state index >= 15 is 0 Å². The Balaban J connectivity index is 1.85. The maximum absolute atomic E-state index is 12.5. The lowest BCUT2D eigenvalue weighted by atomic mass is 9.54. The summed E-state index contributed by atoms with van der Waals surface area (Å²) in [6, 6.07) is 0.573. The van der Waals surface area contributed by atoms with Gasteiger partial charge in [-0.1, -0.05) is 6.92 Å². The Bertz CT molecular complexity index is 410. The molecule has 1 spiro atoms. The SMILES string of the molecule is C[C@@H]1C[C@@H]2N3CCC[C@@H]4C(=O)C[C@@H]([C@H]1O)[C@@]42CCC3. The first-order valence-electron chi connectivity index (χ1n) is 8.09. The van der Waals surface area contributed by atoms with Crippen molar-refractivity contribution in [3.05, 3.63) is 0 Å². The second kappa shape index (κ2) is 4.05. The number of hydrogen-bond donors (Lipinski definition) is 1. The van der Waals surface area contributed by atoms with Crippen LogP contribution >= 0.6 is 0 Å². The second-order valence-electron chi connectivity index (χ2n) is 7.44. The quantitative estimate of drug-likeness (QED) is 0.725. The summed E-state index contributed by atoms with van der Waals surface area (Å²) in [5.41, 5.74) is 0.137. The Hall–Kier alpha value is -0.410. The number of aliphatic hydroxyl groups is 1. The average Bonchev–Trinajstić information content (AvgIpc) is 2.62. The maximum atomic E-state index is 12.5. The van der Waals surface area contributed by atoms with Gasteiger partial charge >= 0.3 is 0 Å². The molecule has 1 N–H and O–H groups in total. The van der Waals surface area contributed by atoms with Gasteiger partial charge in [0, 0.05) is 23.8 Å². The first kappa shape index (κ1) is 12.3. The van der Waals surface area contributed by atoms with Gasteiger partial charge in [-0.25, -0.2) is 0 Å². The van der Waals surface area contributed by atoms with E-state index in [4.69, 9.17) is 0 Å². The highest BCUT2D eigenvalue weighted by Gasteiger charge is 2.65. The molecule has 0 aromatic heterocycles. The number of aliphatic hydroxyl groups excluding tert-OH is 1. The third kappa shape index (κ3) is 1.43. The molecular weight excluding hydrogens is 238 g/mol. The molecule has 2 bridgehead atoms. The number of piperidine rings is 1. The molecule has 2 aliphatic heterocycles. The number of nitrogens with zero attached hydrogens (tertiary/aromatic N) is 1. The van der Waals surface area contributed by atoms with Crippen molar-refractivity contribution in [2.45, 2.75) is 57.6 Å². The van der Waals surface area contributed by atoms with Crippen molar-refractivity contribution in [2.24, 2.45) is 23.2 Å². The van der Waals surface area contributed by atoms with Crippen molar-refractivity contribution in [3.63, 3.8) is 0 Å². The van der Waals surface area contributed by atoms with E-state index < -0.39 is 0 Å². The zero-order valence-corrected chi connectivity index (χ0v) is 11.8. The number of ketones is 1. The van der Waals surface area contributed by atoms with Gasteiger partial charge in [0.05, 0.1) is 6.10 Å². The van der Waals surface area contributed by atoms with E-state index in [0.29, 0.717) is 24.2 Å². The predicted octanol–water partition coefficient (Wildman–Crippen LogP) is 1.84. The minimum absolute atomic E-state index is 0.137. The topological polar surface area (TPSA) is 40.5 Å². The highest BCUT2D eigenvalue weighted by Crippen LogP contribution is 2.62. The van der Waals surface area contributed by atoms with E-state index in [-0.39, 0.29) is 23.4 Å². The minimum Gasteiger partial charge on any atom is -0.393 e. The zero-order valence-electron chi connectivity index (χ0n) is 11.8. The third-order valence-corrected chi connectivity index (χ3v) is 6.79. The summed E-state index contributed by atoms with van der Waals surface area (Å²) >= 11 is 0. The van der Waals surface area contributed by atoms with Gasteiger partial charge in [-0.3, -0.25) is 9.69 Å². The molecule has 2 heterocycles. The van der Waals surface area contributed by atoms with Gasteiger partial charge in [0.25, 0.3) is 0 Å². The standard InChI is InChI=1S/C16H25NO2/c1-10-8-14-16-5-3-7-17(14)6-2-4-11(16)13(18)9-12(16)15(10)19/h10-12,14-15,19H,2-9H2,1H3/t10-,11-,12+,14+,15+,16-/m1/s1. The maximum Gasteiger partial charge on any atom is 0.137 e. The highest BCUT2D eigenvalue weighted by molar-refractivity contribution is 5.85. The fraction of sp³-hybridized carbons (Fsp3) is 0.938. The molecule has 3 heteroatoms. The van der Waals surface area contributed by atoms with Gasteiger partial charge in [-0.05, 0) is 57.0 Å². The summed E-state index contributed by atoms with van der Waals surface area (Å²) in [6.07, 6.45) is 6.15. The summed E-state index contributed by atoms with van der Waals surface area (Å²) in [5, 5.41) is 10.6. The van der Waals surface area contributed by atoms with Crippen molar-refractivity contribution in [1.29, 1.82) is 0 Å². The van der Waals surface area contributed by atoms with Crippen molar-refractivity contribution >= 4 is 5.78 Å². The largest absolute Gasteiger partial charge is 0.393 e. The Morgan fingerprint density at radius 3 is 2.95 bits per heavy atom. The molecule has 1 unspecified atom stereocenters. The van der Waals surface area contributed by atoms with Crippen molar-refractivity contribution in [1.82, 2.24) is 4.90 Å². The van der Waals surface area contributed by atoms with Crippen LogP contribution in [0.15, 0.2) is 0 Å². The molecule has 2 aliphatic carbocycles. The van der Waals surface area contributed by atoms with Crippen molar-refractivity contribution < 1.29 is 9.90 Å². The van der Waals surface area contributed by atoms with Gasteiger partial charge in [0.1, 0.15) is 5.78 Å². The molecule has 106 valence electrons. The van der Waals surface area contributed by atoms with E-state index in [1.54, 1.807) is 0 Å². The predicted molar refractivity (Wildman–Crippen MR) is 72.7 cm³/mol. The van der Waals surface area contributed by atoms with E-state index in [2.05, 4.69) is 11.8 Å². The van der Waals surface area contributed by atoms with Crippen molar-refractivity contribution in [2.75, 3.05) is 13.1 Å². The summed E-state index contributed by atoms with van der Waals surface area (Å²) in [4.78, 5) is 15.2. The minimum atomic E-state index is -0.247. The molecule has 19 heavy (non-hydrogen) atoms. The Kier molecular flexibility index (Phi) is 2.63. The zero-order chi connectivity index (χ0) is 13.2. The van der Waals surface area contributed by atoms with Crippen LogP contribution < -0.4 is 0 Å². The first-order chi connectivity index (χ1) is 9.14. The van der Waals surface area contributed by atoms with E-state index in [1.807, 2.05) is 0 Å². The molecule has 4 rings (SSSR count). The third-order valence-electron chi connectivity index (χ3n) is 6.79. The number of carbonyl (C=O) groups excluding carboxylic acids is 1. The molecule has 0 aromatic carbocycles. The van der Waals surface area contributed by atoms with Crippen LogP contribution in [-0.2, 0) is 4.79 Å². The van der Waals surface area contributed by atoms with Gasteiger partial charge in [0.2, 0.25) is 0 Å². The highest BCUT2D eigenvalue weighted by atomic mass is 16.3. The number of Topliss-reactive ketones (excluding diaryl/α,β-unsaturated/α-hetero) is 1. The molecule has 4 aliphatic rings. The van der Waals surface area contributed by atoms with Crippen LogP contribution in [0.25, 0.3) is 0 Å². The molecule has 0 aromatic rings. The number of carbonyl (C=O) groups is 1. The van der Waals surface area contributed by atoms with Crippen LogP contribution in [0.5, 0.6) is 0 Å². The molecule has 4 fully saturated rings. The second-order valence-corrected chi connectivity index (χ2v) is 7.44. The smallest absolute Gasteiger partial charge is 0.137 e. The Morgan fingerprint density at radius 2 is 2.11 bits per heavy atom. The molecule has 2 saturated heterocycles. The normalized spacial score (nSPS) is 56.6. The van der Waals surface area contributed by atoms with Crippen LogP contribution in [-0.4, -0.2) is 41.0 Å². The van der Waals surface area contributed by atoms with Gasteiger partial charge in [0.15, 0.2) is 0 Å². The van der Waals surface area contributed by atoms with Crippen LogP contribution in [0.2, 0.25) is 0 Å². The fourth-order valence-electron chi connectivity index (χ4n) is 6.09.